The molecule has 2 heterocycles. The number of anilines is 1. The first kappa shape index (κ1) is 19.6. The number of halogens is 1. The van der Waals surface area contributed by atoms with E-state index in [4.69, 9.17) is 16.1 Å². The van der Waals surface area contributed by atoms with E-state index in [9.17, 15) is 4.79 Å². The van der Waals surface area contributed by atoms with Crippen LogP contribution in [0.1, 0.15) is 32.6 Å². The summed E-state index contributed by atoms with van der Waals surface area (Å²) in [6.07, 6.45) is 0. The van der Waals surface area contributed by atoms with E-state index in [0.717, 1.165) is 19.6 Å². The van der Waals surface area contributed by atoms with Crippen molar-refractivity contribution in [2.75, 3.05) is 32.0 Å². The van der Waals surface area contributed by atoms with E-state index in [0.29, 0.717) is 28.0 Å². The number of carbonyl (C=O) groups excluding carboxylic acids is 1. The summed E-state index contributed by atoms with van der Waals surface area (Å²) in [6.45, 7) is 8.36. The Labute approximate surface area is 163 Å². The summed E-state index contributed by atoms with van der Waals surface area (Å²) in [5.74, 6) is 0.938. The van der Waals surface area contributed by atoms with E-state index in [1.165, 1.54) is 0 Å². The fourth-order valence-electron chi connectivity index (χ4n) is 2.84. The van der Waals surface area contributed by atoms with Gasteiger partial charge >= 0.3 is 6.03 Å². The average molecular weight is 393 g/mol. The molecule has 1 saturated heterocycles. The standard InChI is InChI=1S/C18H25ClN6O2/c1-18(2,3)23-17(26)21-11-5-6-13(19)12(9-11)16-22-15(24-27-16)14-10-20-7-8-25(14)4/h5-6,9,14,20H,7-8,10H2,1-4H3,(H2,21,23,26). The maximum absolute atomic E-state index is 12.1. The molecule has 8 nitrogen and oxygen atoms in total. The van der Waals surface area contributed by atoms with Crippen molar-refractivity contribution in [3.63, 3.8) is 0 Å². The maximum atomic E-state index is 12.1. The molecule has 3 N–H and O–H groups in total. The molecule has 2 amide bonds. The molecule has 1 aromatic heterocycles. The Morgan fingerprint density at radius 2 is 2.19 bits per heavy atom. The number of carbonyl (C=O) groups is 1. The molecule has 0 aliphatic carbocycles. The predicted octanol–water partition coefficient (Wildman–Crippen LogP) is 2.89. The second-order valence-corrected chi connectivity index (χ2v) is 8.09. The molecule has 0 bridgehead atoms. The van der Waals surface area contributed by atoms with Crippen LogP contribution < -0.4 is 16.0 Å². The van der Waals surface area contributed by atoms with Crippen LogP contribution in [-0.2, 0) is 0 Å². The van der Waals surface area contributed by atoms with Crippen LogP contribution in [0.25, 0.3) is 11.5 Å². The molecule has 1 aliphatic rings. The highest BCUT2D eigenvalue weighted by molar-refractivity contribution is 6.33. The van der Waals surface area contributed by atoms with E-state index in [1.54, 1.807) is 18.2 Å². The first-order valence-electron chi connectivity index (χ1n) is 8.86. The van der Waals surface area contributed by atoms with Gasteiger partial charge in [-0.15, -0.1) is 0 Å². The van der Waals surface area contributed by atoms with Gasteiger partial charge in [-0.1, -0.05) is 16.8 Å². The largest absolute Gasteiger partial charge is 0.334 e. The van der Waals surface area contributed by atoms with Crippen LogP contribution in [0.3, 0.4) is 0 Å². The third-order valence-electron chi connectivity index (χ3n) is 4.19. The molecule has 3 rings (SSSR count). The highest BCUT2D eigenvalue weighted by Gasteiger charge is 2.26. The quantitative estimate of drug-likeness (QED) is 0.743. The Bertz CT molecular complexity index is 816. The number of likely N-dealkylation sites (N-methyl/N-ethyl adjacent to an activating group) is 1. The second-order valence-electron chi connectivity index (χ2n) is 7.68. The van der Waals surface area contributed by atoms with Crippen LogP contribution >= 0.6 is 11.6 Å². The molecule has 0 saturated carbocycles. The lowest BCUT2D eigenvalue weighted by molar-refractivity contribution is 0.190. The Kier molecular flexibility index (Phi) is 5.69. The topological polar surface area (TPSA) is 95.3 Å². The van der Waals surface area contributed by atoms with Gasteiger partial charge in [0.25, 0.3) is 5.89 Å². The van der Waals surface area contributed by atoms with E-state index < -0.39 is 0 Å². The number of aromatic nitrogens is 2. The lowest BCUT2D eigenvalue weighted by atomic mass is 10.1. The maximum Gasteiger partial charge on any atom is 0.319 e. The smallest absolute Gasteiger partial charge is 0.319 e. The van der Waals surface area contributed by atoms with E-state index >= 15 is 0 Å². The summed E-state index contributed by atoms with van der Waals surface area (Å²) < 4.78 is 5.45. The van der Waals surface area contributed by atoms with E-state index in [1.807, 2.05) is 27.8 Å². The number of amides is 2. The van der Waals surface area contributed by atoms with Gasteiger partial charge in [0, 0.05) is 30.9 Å². The number of urea groups is 1. The lowest BCUT2D eigenvalue weighted by Gasteiger charge is -2.30. The fraction of sp³-hybridized carbons (Fsp3) is 0.500. The summed E-state index contributed by atoms with van der Waals surface area (Å²) in [7, 11) is 2.03. The number of hydrogen-bond acceptors (Lipinski definition) is 6. The van der Waals surface area contributed by atoms with Crippen molar-refractivity contribution >= 4 is 23.3 Å². The van der Waals surface area contributed by atoms with Gasteiger partial charge in [0.15, 0.2) is 5.82 Å². The van der Waals surface area contributed by atoms with Gasteiger partial charge in [-0.3, -0.25) is 4.90 Å². The SMILES string of the molecule is CN1CCNCC1c1noc(-c2cc(NC(=O)NC(C)(C)C)ccc2Cl)n1. The normalized spacial score (nSPS) is 18.3. The average Bonchev–Trinajstić information content (AvgIpc) is 3.05. The first-order chi connectivity index (χ1) is 12.7. The number of piperazine rings is 1. The van der Waals surface area contributed by atoms with Crippen molar-refractivity contribution in [3.05, 3.63) is 29.0 Å². The van der Waals surface area contributed by atoms with Crippen LogP contribution in [0.5, 0.6) is 0 Å². The van der Waals surface area contributed by atoms with Crippen LogP contribution in [0.2, 0.25) is 5.02 Å². The zero-order valence-electron chi connectivity index (χ0n) is 16.0. The summed E-state index contributed by atoms with van der Waals surface area (Å²) >= 11 is 6.32. The van der Waals surface area contributed by atoms with Crippen LogP contribution in [-0.4, -0.2) is 53.3 Å². The minimum Gasteiger partial charge on any atom is -0.334 e. The molecule has 2 aromatic rings. The lowest BCUT2D eigenvalue weighted by Crippen LogP contribution is -2.44. The molecule has 1 aliphatic heterocycles. The van der Waals surface area contributed by atoms with Crippen LogP contribution in [0.15, 0.2) is 22.7 Å². The molecule has 1 aromatic carbocycles. The summed E-state index contributed by atoms with van der Waals surface area (Å²) in [5.41, 5.74) is 0.837. The van der Waals surface area contributed by atoms with Gasteiger partial charge in [-0.2, -0.15) is 4.98 Å². The zero-order chi connectivity index (χ0) is 19.6. The number of rotatable bonds is 3. The van der Waals surface area contributed by atoms with Gasteiger partial charge in [-0.25, -0.2) is 4.79 Å². The number of nitrogens with zero attached hydrogens (tertiary/aromatic N) is 3. The van der Waals surface area contributed by atoms with Gasteiger partial charge in [-0.05, 0) is 46.0 Å². The third-order valence-corrected chi connectivity index (χ3v) is 4.52. The molecular weight excluding hydrogens is 368 g/mol. The Morgan fingerprint density at radius 3 is 2.89 bits per heavy atom. The van der Waals surface area contributed by atoms with Gasteiger partial charge in [0.1, 0.15) is 0 Å². The molecule has 0 radical (unpaired) electrons. The molecule has 27 heavy (non-hydrogen) atoms. The molecule has 1 unspecified atom stereocenters. The molecular formula is C18H25ClN6O2. The Hall–Kier alpha value is -2.16. The molecule has 0 spiro atoms. The first-order valence-corrected chi connectivity index (χ1v) is 9.24. The van der Waals surface area contributed by atoms with Crippen molar-refractivity contribution in [2.45, 2.75) is 32.4 Å². The van der Waals surface area contributed by atoms with Crippen molar-refractivity contribution in [1.29, 1.82) is 0 Å². The minimum absolute atomic E-state index is 0.0499. The highest BCUT2D eigenvalue weighted by Crippen LogP contribution is 2.31. The van der Waals surface area contributed by atoms with Gasteiger partial charge in [0.05, 0.1) is 16.6 Å². The number of hydrogen-bond donors (Lipinski definition) is 3. The monoisotopic (exact) mass is 392 g/mol. The van der Waals surface area contributed by atoms with E-state index in [2.05, 4.69) is 31.0 Å². The van der Waals surface area contributed by atoms with Crippen LogP contribution in [0, 0.1) is 0 Å². The fourth-order valence-corrected chi connectivity index (χ4v) is 3.04. The molecule has 146 valence electrons. The van der Waals surface area contributed by atoms with Crippen molar-refractivity contribution < 1.29 is 9.32 Å². The van der Waals surface area contributed by atoms with Crippen molar-refractivity contribution in [1.82, 2.24) is 25.7 Å². The summed E-state index contributed by atoms with van der Waals surface area (Å²) in [4.78, 5) is 18.8. The Morgan fingerprint density at radius 1 is 1.41 bits per heavy atom. The number of benzene rings is 1. The molecule has 1 atom stereocenters. The molecule has 9 heteroatoms. The minimum atomic E-state index is -0.333. The Balaban J connectivity index is 1.79. The summed E-state index contributed by atoms with van der Waals surface area (Å²) in [6, 6.07) is 4.90. The number of nitrogens with one attached hydrogen (secondary N) is 3. The predicted molar refractivity (Wildman–Crippen MR) is 105 cm³/mol. The highest BCUT2D eigenvalue weighted by atomic mass is 35.5. The van der Waals surface area contributed by atoms with Gasteiger partial charge < -0.3 is 20.5 Å². The molecule has 1 fully saturated rings. The third kappa shape index (κ3) is 4.97. The van der Waals surface area contributed by atoms with Crippen molar-refractivity contribution in [3.8, 4) is 11.5 Å². The van der Waals surface area contributed by atoms with Crippen molar-refractivity contribution in [2.24, 2.45) is 0 Å². The van der Waals surface area contributed by atoms with Gasteiger partial charge in [0.2, 0.25) is 0 Å². The zero-order valence-corrected chi connectivity index (χ0v) is 16.7. The van der Waals surface area contributed by atoms with E-state index in [-0.39, 0.29) is 17.6 Å². The summed E-state index contributed by atoms with van der Waals surface area (Å²) in [5, 5.41) is 13.6. The second kappa shape index (κ2) is 7.84. The van der Waals surface area contributed by atoms with Crippen LogP contribution in [0.4, 0.5) is 10.5 Å².